The van der Waals surface area contributed by atoms with Gasteiger partial charge in [-0.15, -0.1) is 5.10 Å². The van der Waals surface area contributed by atoms with Crippen molar-refractivity contribution in [1.29, 1.82) is 0 Å². The highest BCUT2D eigenvalue weighted by Gasteiger charge is 2.10. The van der Waals surface area contributed by atoms with E-state index in [-0.39, 0.29) is 17.5 Å². The molecule has 5 nitrogen and oxygen atoms in total. The quantitative estimate of drug-likeness (QED) is 0.745. The minimum atomic E-state index is -0.729. The first-order valence-corrected chi connectivity index (χ1v) is 6.93. The lowest BCUT2D eigenvalue weighted by atomic mass is 10.3. The number of para-hydroxylation sites is 1. The van der Waals surface area contributed by atoms with Crippen molar-refractivity contribution in [3.05, 3.63) is 65.3 Å². The van der Waals surface area contributed by atoms with Crippen LogP contribution in [0.1, 0.15) is 0 Å². The first-order chi connectivity index (χ1) is 11.1. The van der Waals surface area contributed by atoms with Gasteiger partial charge in [0.1, 0.15) is 17.3 Å². The maximum absolute atomic E-state index is 13.6. The molecule has 1 heterocycles. The summed E-state index contributed by atoms with van der Waals surface area (Å²) in [7, 11) is 0. The Kier molecular flexibility index (Phi) is 4.29. The lowest BCUT2D eigenvalue weighted by Gasteiger charge is -2.09. The Morgan fingerprint density at radius 1 is 0.957 bits per heavy atom. The molecule has 3 aromatic rings. The topological polar surface area (TPSA) is 62.7 Å². The maximum atomic E-state index is 13.6. The van der Waals surface area contributed by atoms with E-state index in [1.54, 1.807) is 24.3 Å². The van der Waals surface area contributed by atoms with Gasteiger partial charge >= 0.3 is 0 Å². The summed E-state index contributed by atoms with van der Waals surface area (Å²) in [6.45, 7) is 0. The van der Waals surface area contributed by atoms with Gasteiger partial charge in [-0.25, -0.2) is 8.78 Å². The molecule has 0 radical (unpaired) electrons. The summed E-state index contributed by atoms with van der Waals surface area (Å²) in [6.07, 6.45) is 1.26. The summed E-state index contributed by atoms with van der Waals surface area (Å²) in [5.74, 6) is -1.15. The molecule has 0 saturated carbocycles. The van der Waals surface area contributed by atoms with Crippen molar-refractivity contribution < 1.29 is 8.78 Å². The molecule has 0 aliphatic carbocycles. The lowest BCUT2D eigenvalue weighted by Crippen LogP contribution is -2.04. The molecule has 0 bridgehead atoms. The van der Waals surface area contributed by atoms with Gasteiger partial charge in [0.2, 0.25) is 5.95 Å². The zero-order valence-electron chi connectivity index (χ0n) is 11.6. The monoisotopic (exact) mass is 333 g/mol. The number of nitrogens with zero attached hydrogens (tertiary/aromatic N) is 3. The Morgan fingerprint density at radius 3 is 2.43 bits per heavy atom. The summed E-state index contributed by atoms with van der Waals surface area (Å²) in [6, 6.07) is 10.5. The fourth-order valence-corrected chi connectivity index (χ4v) is 2.05. The summed E-state index contributed by atoms with van der Waals surface area (Å²) in [5, 5.41) is 13.6. The van der Waals surface area contributed by atoms with Crippen molar-refractivity contribution in [3.63, 3.8) is 0 Å². The molecule has 0 spiro atoms. The molecule has 0 aliphatic heterocycles. The predicted octanol–water partition coefficient (Wildman–Crippen LogP) is 4.29. The second-order valence-electron chi connectivity index (χ2n) is 4.52. The largest absolute Gasteiger partial charge is 0.334 e. The summed E-state index contributed by atoms with van der Waals surface area (Å²) in [5.41, 5.74) is 0.357. The number of anilines is 4. The van der Waals surface area contributed by atoms with Crippen LogP contribution in [0.2, 0.25) is 5.02 Å². The Balaban J connectivity index is 1.83. The molecule has 116 valence electrons. The van der Waals surface area contributed by atoms with Gasteiger partial charge < -0.3 is 10.6 Å². The molecular weight excluding hydrogens is 324 g/mol. The smallest absolute Gasteiger partial charge is 0.249 e. The second-order valence-corrected chi connectivity index (χ2v) is 4.96. The van der Waals surface area contributed by atoms with Crippen LogP contribution in [0.25, 0.3) is 0 Å². The molecule has 23 heavy (non-hydrogen) atoms. The Hall–Kier alpha value is -2.80. The number of hydrogen-bond acceptors (Lipinski definition) is 5. The van der Waals surface area contributed by atoms with Crippen LogP contribution >= 0.6 is 11.6 Å². The van der Waals surface area contributed by atoms with Crippen LogP contribution in [0.4, 0.5) is 31.9 Å². The fourth-order valence-electron chi connectivity index (χ4n) is 1.86. The van der Waals surface area contributed by atoms with Gasteiger partial charge in [-0.3, -0.25) is 0 Å². The number of rotatable bonds is 4. The van der Waals surface area contributed by atoms with Gasteiger partial charge in [-0.1, -0.05) is 23.7 Å². The Morgan fingerprint density at radius 2 is 1.70 bits per heavy atom. The van der Waals surface area contributed by atoms with Crippen molar-refractivity contribution >= 4 is 34.7 Å². The highest BCUT2D eigenvalue weighted by molar-refractivity contribution is 6.30. The third-order valence-corrected chi connectivity index (χ3v) is 3.09. The van der Waals surface area contributed by atoms with Crippen LogP contribution in [0, 0.1) is 11.6 Å². The predicted molar refractivity (Wildman–Crippen MR) is 84.2 cm³/mol. The number of aromatic nitrogens is 3. The van der Waals surface area contributed by atoms with Crippen molar-refractivity contribution in [2.75, 3.05) is 10.6 Å². The Labute approximate surface area is 135 Å². The van der Waals surface area contributed by atoms with Crippen molar-refractivity contribution in [3.8, 4) is 0 Å². The maximum Gasteiger partial charge on any atom is 0.249 e. The average molecular weight is 334 g/mol. The molecule has 3 rings (SSSR count). The van der Waals surface area contributed by atoms with Gasteiger partial charge in [0.15, 0.2) is 5.82 Å². The van der Waals surface area contributed by atoms with Crippen molar-refractivity contribution in [2.45, 2.75) is 0 Å². The van der Waals surface area contributed by atoms with Crippen LogP contribution in [0.15, 0.2) is 48.7 Å². The minimum Gasteiger partial charge on any atom is -0.334 e. The Bertz CT molecular complexity index is 823. The van der Waals surface area contributed by atoms with Gasteiger partial charge in [0.05, 0.1) is 6.20 Å². The van der Waals surface area contributed by atoms with E-state index >= 15 is 0 Å². The van der Waals surface area contributed by atoms with E-state index in [9.17, 15) is 8.78 Å². The van der Waals surface area contributed by atoms with Gasteiger partial charge in [0, 0.05) is 10.7 Å². The van der Waals surface area contributed by atoms with E-state index in [4.69, 9.17) is 11.6 Å². The molecule has 2 aromatic carbocycles. The number of halogens is 3. The standard InChI is InChI=1S/C15H10ClF2N5/c16-9-3-1-4-10(7-9)20-15-22-13(8-19-23-15)21-14-11(17)5-2-6-12(14)18/h1-8H,(H2,20,21,22,23). The van der Waals surface area contributed by atoms with Crippen LogP contribution in [0.5, 0.6) is 0 Å². The number of nitrogens with one attached hydrogen (secondary N) is 2. The van der Waals surface area contributed by atoms with Crippen LogP contribution < -0.4 is 10.6 Å². The molecular formula is C15H10ClF2N5. The second kappa shape index (κ2) is 6.53. The van der Waals surface area contributed by atoms with Crippen molar-refractivity contribution in [1.82, 2.24) is 15.2 Å². The molecule has 0 unspecified atom stereocenters. The minimum absolute atomic E-state index is 0.147. The van der Waals surface area contributed by atoms with E-state index in [2.05, 4.69) is 25.8 Å². The highest BCUT2D eigenvalue weighted by Crippen LogP contribution is 2.23. The van der Waals surface area contributed by atoms with E-state index in [1.165, 1.54) is 12.3 Å². The number of benzene rings is 2. The summed E-state index contributed by atoms with van der Waals surface area (Å²) in [4.78, 5) is 4.10. The van der Waals surface area contributed by atoms with Gasteiger partial charge in [0.25, 0.3) is 0 Å². The SMILES string of the molecule is Fc1cccc(F)c1Nc1cnnc(Nc2cccc(Cl)c2)n1. The first kappa shape index (κ1) is 15.1. The molecule has 0 aliphatic rings. The highest BCUT2D eigenvalue weighted by atomic mass is 35.5. The average Bonchev–Trinajstić information content (AvgIpc) is 2.52. The zero-order chi connectivity index (χ0) is 16.2. The van der Waals surface area contributed by atoms with Crippen LogP contribution in [0.3, 0.4) is 0 Å². The van der Waals surface area contributed by atoms with Crippen LogP contribution in [-0.2, 0) is 0 Å². The van der Waals surface area contributed by atoms with E-state index in [1.807, 2.05) is 0 Å². The van der Waals surface area contributed by atoms with Crippen LogP contribution in [-0.4, -0.2) is 15.2 Å². The molecule has 0 atom stereocenters. The zero-order valence-corrected chi connectivity index (χ0v) is 12.4. The molecule has 8 heteroatoms. The van der Waals surface area contributed by atoms with Gasteiger partial charge in [-0.2, -0.15) is 10.1 Å². The lowest BCUT2D eigenvalue weighted by molar-refractivity contribution is 0.590. The van der Waals surface area contributed by atoms with E-state index < -0.39 is 11.6 Å². The van der Waals surface area contributed by atoms with Gasteiger partial charge in [-0.05, 0) is 30.3 Å². The summed E-state index contributed by atoms with van der Waals surface area (Å²) < 4.78 is 27.3. The summed E-state index contributed by atoms with van der Waals surface area (Å²) >= 11 is 5.89. The normalized spacial score (nSPS) is 10.4. The molecule has 0 amide bonds. The fraction of sp³-hybridized carbons (Fsp3) is 0. The molecule has 0 saturated heterocycles. The third kappa shape index (κ3) is 3.70. The molecule has 1 aromatic heterocycles. The first-order valence-electron chi connectivity index (χ1n) is 6.55. The number of hydrogen-bond donors (Lipinski definition) is 2. The van der Waals surface area contributed by atoms with E-state index in [0.29, 0.717) is 10.7 Å². The van der Waals surface area contributed by atoms with E-state index in [0.717, 1.165) is 12.1 Å². The molecule has 0 fully saturated rings. The third-order valence-electron chi connectivity index (χ3n) is 2.86. The van der Waals surface area contributed by atoms with Crippen molar-refractivity contribution in [2.24, 2.45) is 0 Å². The molecule has 2 N–H and O–H groups in total.